The molecule has 0 saturated heterocycles. The van der Waals surface area contributed by atoms with E-state index in [-0.39, 0.29) is 0 Å². The molecule has 0 saturated carbocycles. The molecular weight excluding hydrogens is 639 g/mol. The monoisotopic (exact) mass is 675 g/mol. The first-order valence-electron chi connectivity index (χ1n) is 18.2. The fourth-order valence-electron chi connectivity index (χ4n) is 7.26. The van der Waals surface area contributed by atoms with Gasteiger partial charge in [-0.1, -0.05) is 176 Å². The molecule has 0 spiro atoms. The molecule has 0 heterocycles. The van der Waals surface area contributed by atoms with Crippen molar-refractivity contribution >= 4 is 27.8 Å². The highest BCUT2D eigenvalue weighted by molar-refractivity contribution is 5.88. The second kappa shape index (κ2) is 14.3. The van der Waals surface area contributed by atoms with Gasteiger partial charge in [0.2, 0.25) is 0 Å². The number of hydrogen-bond donors (Lipinski definition) is 0. The molecule has 0 unspecified atom stereocenters. The number of fused-ring (bicyclic) bond motifs is 1. The number of nitrogens with zero attached hydrogens (tertiary/aromatic N) is 1. The first-order chi connectivity index (χ1) is 26.2. The van der Waals surface area contributed by atoms with E-state index in [2.05, 4.69) is 229 Å². The molecule has 0 amide bonds. The summed E-state index contributed by atoms with van der Waals surface area (Å²) < 4.78 is 0. The van der Waals surface area contributed by atoms with E-state index < -0.39 is 0 Å². The molecule has 0 atom stereocenters. The lowest BCUT2D eigenvalue weighted by atomic mass is 9.97. The van der Waals surface area contributed by atoms with E-state index in [0.717, 1.165) is 17.1 Å². The van der Waals surface area contributed by atoms with Crippen molar-refractivity contribution in [1.82, 2.24) is 0 Å². The van der Waals surface area contributed by atoms with Gasteiger partial charge in [-0.3, -0.25) is 0 Å². The highest BCUT2D eigenvalue weighted by Crippen LogP contribution is 2.39. The first-order valence-corrected chi connectivity index (χ1v) is 18.2. The normalized spacial score (nSPS) is 11.0. The molecule has 0 bridgehead atoms. The second-order valence-electron chi connectivity index (χ2n) is 13.4. The van der Waals surface area contributed by atoms with Crippen molar-refractivity contribution in [2.45, 2.75) is 0 Å². The molecular formula is C52H37N. The van der Waals surface area contributed by atoms with Crippen molar-refractivity contribution < 1.29 is 0 Å². The third-order valence-corrected chi connectivity index (χ3v) is 10.0. The number of hydrogen-bond acceptors (Lipinski definition) is 1. The molecule has 9 aromatic rings. The Morgan fingerprint density at radius 3 is 1.13 bits per heavy atom. The smallest absolute Gasteiger partial charge is 0.0467 e. The van der Waals surface area contributed by atoms with E-state index in [1.165, 1.54) is 66.4 Å². The van der Waals surface area contributed by atoms with Gasteiger partial charge >= 0.3 is 0 Å². The summed E-state index contributed by atoms with van der Waals surface area (Å²) >= 11 is 0. The second-order valence-corrected chi connectivity index (χ2v) is 13.4. The molecule has 0 aliphatic rings. The summed E-state index contributed by atoms with van der Waals surface area (Å²) in [6.45, 7) is 0. The lowest BCUT2D eigenvalue weighted by Gasteiger charge is -2.27. The van der Waals surface area contributed by atoms with E-state index in [4.69, 9.17) is 0 Å². The largest absolute Gasteiger partial charge is 0.310 e. The van der Waals surface area contributed by atoms with Gasteiger partial charge in [-0.25, -0.2) is 0 Å². The van der Waals surface area contributed by atoms with Crippen LogP contribution in [0.5, 0.6) is 0 Å². The fraction of sp³-hybridized carbons (Fsp3) is 0. The third-order valence-electron chi connectivity index (χ3n) is 10.0. The Balaban J connectivity index is 1.08. The van der Waals surface area contributed by atoms with Crippen LogP contribution in [0.1, 0.15) is 0 Å². The van der Waals surface area contributed by atoms with Crippen molar-refractivity contribution in [2.75, 3.05) is 4.90 Å². The van der Waals surface area contributed by atoms with E-state index >= 15 is 0 Å². The Hall–Kier alpha value is -6.96. The predicted molar refractivity (Wildman–Crippen MR) is 226 cm³/mol. The summed E-state index contributed by atoms with van der Waals surface area (Å²) in [6, 6.07) is 80.8. The van der Waals surface area contributed by atoms with Gasteiger partial charge in [0, 0.05) is 17.1 Å². The molecule has 0 N–H and O–H groups in total. The van der Waals surface area contributed by atoms with Crippen LogP contribution >= 0.6 is 0 Å². The summed E-state index contributed by atoms with van der Waals surface area (Å²) in [5.41, 5.74) is 15.3. The Morgan fingerprint density at radius 2 is 0.547 bits per heavy atom. The van der Waals surface area contributed by atoms with Gasteiger partial charge < -0.3 is 4.90 Å². The van der Waals surface area contributed by atoms with Gasteiger partial charge in [0.15, 0.2) is 0 Å². The van der Waals surface area contributed by atoms with E-state index in [1.807, 2.05) is 0 Å². The minimum absolute atomic E-state index is 1.10. The topological polar surface area (TPSA) is 3.24 Å². The summed E-state index contributed by atoms with van der Waals surface area (Å²) in [5, 5.41) is 2.51. The molecule has 0 fully saturated rings. The fourth-order valence-corrected chi connectivity index (χ4v) is 7.26. The number of benzene rings is 9. The van der Waals surface area contributed by atoms with Crippen LogP contribution in [0.4, 0.5) is 17.1 Å². The molecule has 1 nitrogen and oxygen atoms in total. The number of anilines is 3. The average molecular weight is 676 g/mol. The van der Waals surface area contributed by atoms with Crippen LogP contribution in [-0.4, -0.2) is 0 Å². The van der Waals surface area contributed by atoms with Crippen molar-refractivity contribution in [2.24, 2.45) is 0 Å². The molecule has 0 radical (unpaired) electrons. The maximum atomic E-state index is 2.36. The molecule has 9 rings (SSSR count). The van der Waals surface area contributed by atoms with Crippen LogP contribution in [0.2, 0.25) is 0 Å². The van der Waals surface area contributed by atoms with Crippen molar-refractivity contribution in [3.05, 3.63) is 224 Å². The van der Waals surface area contributed by atoms with Crippen LogP contribution in [0.25, 0.3) is 66.4 Å². The molecule has 250 valence electrons. The van der Waals surface area contributed by atoms with Crippen LogP contribution < -0.4 is 4.90 Å². The van der Waals surface area contributed by atoms with Crippen molar-refractivity contribution in [1.29, 1.82) is 0 Å². The van der Waals surface area contributed by atoms with Gasteiger partial charge in [0.25, 0.3) is 0 Å². The summed E-state index contributed by atoms with van der Waals surface area (Å²) in [7, 11) is 0. The van der Waals surface area contributed by atoms with Gasteiger partial charge in [-0.05, 0) is 115 Å². The van der Waals surface area contributed by atoms with Crippen molar-refractivity contribution in [3.8, 4) is 55.6 Å². The third kappa shape index (κ3) is 6.77. The highest BCUT2D eigenvalue weighted by Gasteiger charge is 2.15. The minimum Gasteiger partial charge on any atom is -0.310 e. The summed E-state index contributed by atoms with van der Waals surface area (Å²) in [4.78, 5) is 2.36. The van der Waals surface area contributed by atoms with Crippen molar-refractivity contribution in [3.63, 3.8) is 0 Å². The van der Waals surface area contributed by atoms with Crippen LogP contribution in [0, 0.1) is 0 Å². The molecule has 0 aliphatic heterocycles. The lowest BCUT2D eigenvalue weighted by molar-refractivity contribution is 1.28. The van der Waals surface area contributed by atoms with Crippen LogP contribution in [-0.2, 0) is 0 Å². The zero-order valence-electron chi connectivity index (χ0n) is 29.3. The highest BCUT2D eigenvalue weighted by atomic mass is 15.1. The Bertz CT molecular complexity index is 2640. The molecule has 53 heavy (non-hydrogen) atoms. The van der Waals surface area contributed by atoms with Gasteiger partial charge in [-0.15, -0.1) is 0 Å². The summed E-state index contributed by atoms with van der Waals surface area (Å²) in [6.07, 6.45) is 0. The van der Waals surface area contributed by atoms with Gasteiger partial charge in [0.1, 0.15) is 0 Å². The predicted octanol–water partition coefficient (Wildman–Crippen LogP) is 14.6. The molecule has 9 aromatic carbocycles. The first kappa shape index (κ1) is 32.0. The standard InChI is InChI=1S/C52H37N/c1-3-12-38(13-4-1)41-24-26-42(27-25-41)48-21-11-23-52(37-48)53(51-22-10-20-47(36-51)39-14-5-2-6-15-39)50-32-30-43(31-33-50)45-18-9-19-46(34-45)49-29-28-40-16-7-8-17-44(40)35-49/h1-37H. The molecule has 0 aliphatic carbocycles. The average Bonchev–Trinajstić information content (AvgIpc) is 3.25. The van der Waals surface area contributed by atoms with Gasteiger partial charge in [-0.2, -0.15) is 0 Å². The SMILES string of the molecule is c1ccc(-c2ccc(-c3cccc(N(c4ccc(-c5cccc(-c6ccc7ccccc7c6)c5)cc4)c4cccc(-c5ccccc5)c4)c3)cc2)cc1. The Morgan fingerprint density at radius 1 is 0.189 bits per heavy atom. The zero-order chi connectivity index (χ0) is 35.4. The van der Waals surface area contributed by atoms with Crippen LogP contribution in [0.3, 0.4) is 0 Å². The maximum absolute atomic E-state index is 2.36. The van der Waals surface area contributed by atoms with Crippen LogP contribution in [0.15, 0.2) is 224 Å². The van der Waals surface area contributed by atoms with E-state index in [0.29, 0.717) is 0 Å². The maximum Gasteiger partial charge on any atom is 0.0467 e. The molecule has 1 heteroatoms. The summed E-state index contributed by atoms with van der Waals surface area (Å²) in [5.74, 6) is 0. The number of rotatable bonds is 8. The zero-order valence-corrected chi connectivity index (χ0v) is 29.3. The van der Waals surface area contributed by atoms with E-state index in [9.17, 15) is 0 Å². The Kier molecular flexibility index (Phi) is 8.66. The van der Waals surface area contributed by atoms with E-state index in [1.54, 1.807) is 0 Å². The quantitative estimate of drug-likeness (QED) is 0.155. The van der Waals surface area contributed by atoms with Gasteiger partial charge in [0.05, 0.1) is 0 Å². The molecule has 0 aromatic heterocycles. The lowest BCUT2D eigenvalue weighted by Crippen LogP contribution is -2.10. The minimum atomic E-state index is 1.10. The Labute approximate surface area is 311 Å².